The van der Waals surface area contributed by atoms with Gasteiger partial charge in [-0.05, 0) is 12.2 Å². The van der Waals surface area contributed by atoms with Crippen LogP contribution in [0.5, 0.6) is 0 Å². The fourth-order valence-corrected chi connectivity index (χ4v) is 0.355. The van der Waals surface area contributed by atoms with Crippen LogP contribution in [0.3, 0.4) is 0 Å². The summed E-state index contributed by atoms with van der Waals surface area (Å²) in [5, 5.41) is 0. The maximum absolute atomic E-state index is 4.59. The summed E-state index contributed by atoms with van der Waals surface area (Å²) in [5.41, 5.74) is 0. The summed E-state index contributed by atoms with van der Waals surface area (Å²) >= 11 is 4.52. The van der Waals surface area contributed by atoms with Gasteiger partial charge in [-0.2, -0.15) is 0 Å². The van der Waals surface area contributed by atoms with E-state index in [0.29, 0.717) is 4.84 Å². The number of aromatic nitrogens is 1. The molecular formula is C3H3NOSSn. The van der Waals surface area contributed by atoms with Crippen LogP contribution in [0.25, 0.3) is 0 Å². The Morgan fingerprint density at radius 3 is 2.57 bits per heavy atom. The van der Waals surface area contributed by atoms with E-state index in [1.807, 2.05) is 0 Å². The van der Waals surface area contributed by atoms with E-state index in [4.69, 9.17) is 0 Å². The minimum atomic E-state index is 0. The maximum Gasteiger partial charge on any atom is 0.265 e. The number of H-pyrrole nitrogens is 1. The first-order valence-corrected chi connectivity index (χ1v) is 1.92. The molecular weight excluding hydrogens is 217 g/mol. The molecule has 0 fully saturated rings. The Kier molecular flexibility index (Phi) is 3.37. The van der Waals surface area contributed by atoms with Crippen LogP contribution < -0.4 is 0 Å². The molecule has 0 aliphatic rings. The van der Waals surface area contributed by atoms with E-state index in [1.54, 1.807) is 6.20 Å². The van der Waals surface area contributed by atoms with E-state index in [9.17, 15) is 0 Å². The Hall–Kier alpha value is 0.229. The fourth-order valence-electron chi connectivity index (χ4n) is 0.232. The third-order valence-corrected chi connectivity index (χ3v) is 0.658. The van der Waals surface area contributed by atoms with Crippen molar-refractivity contribution in [3.63, 3.8) is 0 Å². The zero-order chi connectivity index (χ0) is 4.41. The van der Waals surface area contributed by atoms with Gasteiger partial charge in [0.05, 0.1) is 0 Å². The van der Waals surface area contributed by atoms with Crippen molar-refractivity contribution in [2.75, 3.05) is 0 Å². The van der Waals surface area contributed by atoms with E-state index >= 15 is 0 Å². The molecule has 0 unspecified atom stereocenters. The molecule has 2 nitrogen and oxygen atoms in total. The molecule has 0 atom stereocenters. The third-order valence-electron chi connectivity index (χ3n) is 0.444. The smallest absolute Gasteiger partial charge is 0.265 e. The van der Waals surface area contributed by atoms with Crippen molar-refractivity contribution in [3.8, 4) is 0 Å². The normalized spacial score (nSPS) is 7.43. The van der Waals surface area contributed by atoms with Crippen molar-refractivity contribution in [1.29, 1.82) is 0 Å². The molecule has 1 rings (SSSR count). The molecule has 1 aromatic rings. The molecule has 0 saturated heterocycles. The molecule has 1 heterocycles. The van der Waals surface area contributed by atoms with Crippen molar-refractivity contribution < 1.29 is 4.42 Å². The van der Waals surface area contributed by atoms with Crippen molar-refractivity contribution >= 4 is 36.1 Å². The number of nitrogens with one attached hydrogen (secondary N) is 1. The maximum atomic E-state index is 4.59. The summed E-state index contributed by atoms with van der Waals surface area (Å²) in [7, 11) is 0. The van der Waals surface area contributed by atoms with Crippen molar-refractivity contribution in [3.05, 3.63) is 17.3 Å². The van der Waals surface area contributed by atoms with Crippen molar-refractivity contribution in [2.45, 2.75) is 0 Å². The molecule has 0 aliphatic heterocycles. The summed E-state index contributed by atoms with van der Waals surface area (Å²) < 4.78 is 4.59. The van der Waals surface area contributed by atoms with Gasteiger partial charge in [0.1, 0.15) is 6.26 Å². The predicted molar refractivity (Wildman–Crippen MR) is 29.6 cm³/mol. The van der Waals surface area contributed by atoms with Crippen LogP contribution in [-0.4, -0.2) is 28.9 Å². The molecule has 1 aromatic heterocycles. The molecule has 0 amide bonds. The first-order valence-electron chi connectivity index (χ1n) is 1.52. The van der Waals surface area contributed by atoms with Gasteiger partial charge in [-0.15, -0.1) is 0 Å². The van der Waals surface area contributed by atoms with E-state index in [-0.39, 0.29) is 23.9 Å². The van der Waals surface area contributed by atoms with Crippen LogP contribution >= 0.6 is 12.2 Å². The summed E-state index contributed by atoms with van der Waals surface area (Å²) in [5.74, 6) is 0. The van der Waals surface area contributed by atoms with Crippen LogP contribution in [-0.2, 0) is 0 Å². The number of oxazole rings is 1. The largest absolute Gasteiger partial charge is 0.438 e. The molecule has 0 saturated carbocycles. The van der Waals surface area contributed by atoms with Crippen molar-refractivity contribution in [1.82, 2.24) is 4.98 Å². The Morgan fingerprint density at radius 1 is 1.71 bits per heavy atom. The Labute approximate surface area is 62.9 Å². The van der Waals surface area contributed by atoms with E-state index in [0.717, 1.165) is 0 Å². The second-order valence-corrected chi connectivity index (χ2v) is 1.22. The molecule has 0 aromatic carbocycles. The van der Waals surface area contributed by atoms with Gasteiger partial charge in [0.2, 0.25) is 0 Å². The summed E-state index contributed by atoms with van der Waals surface area (Å²) in [6.45, 7) is 0. The summed E-state index contributed by atoms with van der Waals surface area (Å²) in [6, 6.07) is 0. The average molecular weight is 220 g/mol. The van der Waals surface area contributed by atoms with Gasteiger partial charge in [-0.25, -0.2) is 0 Å². The van der Waals surface area contributed by atoms with E-state index in [1.165, 1.54) is 6.26 Å². The second kappa shape index (κ2) is 3.26. The van der Waals surface area contributed by atoms with Crippen LogP contribution in [0.4, 0.5) is 0 Å². The molecule has 1 N–H and O–H groups in total. The van der Waals surface area contributed by atoms with Gasteiger partial charge in [-0.3, -0.25) is 0 Å². The SMILES string of the molecule is S=c1[nH]cco1.[Sn]. The quantitative estimate of drug-likeness (QED) is 0.520. The third kappa shape index (κ3) is 2.13. The monoisotopic (exact) mass is 221 g/mol. The average Bonchev–Trinajstić information content (AvgIpc) is 1.86. The Morgan fingerprint density at radius 2 is 2.43 bits per heavy atom. The Bertz CT molecular complexity index is 153. The fraction of sp³-hybridized carbons (Fsp3) is 0. The van der Waals surface area contributed by atoms with Crippen LogP contribution in [0.1, 0.15) is 0 Å². The van der Waals surface area contributed by atoms with Crippen molar-refractivity contribution in [2.24, 2.45) is 0 Å². The van der Waals surface area contributed by atoms with E-state index < -0.39 is 0 Å². The first-order chi connectivity index (χ1) is 2.89. The minimum absolute atomic E-state index is 0. The minimum Gasteiger partial charge on any atom is -0.438 e. The molecule has 0 aliphatic carbocycles. The molecule has 4 radical (unpaired) electrons. The molecule has 4 heteroatoms. The van der Waals surface area contributed by atoms with Gasteiger partial charge >= 0.3 is 0 Å². The molecule has 0 bridgehead atoms. The van der Waals surface area contributed by atoms with E-state index in [2.05, 4.69) is 21.6 Å². The molecule has 0 spiro atoms. The first kappa shape index (κ1) is 7.23. The van der Waals surface area contributed by atoms with Crippen LogP contribution in [0, 0.1) is 4.84 Å². The van der Waals surface area contributed by atoms with Crippen LogP contribution in [0.2, 0.25) is 0 Å². The van der Waals surface area contributed by atoms with Gasteiger partial charge < -0.3 is 9.40 Å². The van der Waals surface area contributed by atoms with Gasteiger partial charge in [0.25, 0.3) is 4.84 Å². The van der Waals surface area contributed by atoms with Gasteiger partial charge in [-0.1, -0.05) is 0 Å². The molecule has 7 heavy (non-hydrogen) atoms. The zero-order valence-corrected chi connectivity index (χ0v) is 7.14. The topological polar surface area (TPSA) is 28.9 Å². The summed E-state index contributed by atoms with van der Waals surface area (Å²) in [4.78, 5) is 3.07. The predicted octanol–water partition coefficient (Wildman–Crippen LogP) is 0.956. The standard InChI is InChI=1S/C3H3NOS.Sn/c6-3-4-1-2-5-3;/h1-2H,(H,4,6);. The number of hydrogen-bond acceptors (Lipinski definition) is 2. The van der Waals surface area contributed by atoms with Gasteiger partial charge in [0, 0.05) is 30.1 Å². The molecule has 36 valence electrons. The zero-order valence-electron chi connectivity index (χ0n) is 3.47. The van der Waals surface area contributed by atoms with Crippen LogP contribution in [0.15, 0.2) is 16.9 Å². The summed E-state index contributed by atoms with van der Waals surface area (Å²) in [6.07, 6.45) is 3.14. The number of aromatic amines is 1. The Balaban J connectivity index is 0.000000360. The van der Waals surface area contributed by atoms with Gasteiger partial charge in [0.15, 0.2) is 0 Å². The second-order valence-electron chi connectivity index (χ2n) is 0.852. The number of hydrogen-bond donors (Lipinski definition) is 1. The number of rotatable bonds is 0.